The van der Waals surface area contributed by atoms with Gasteiger partial charge in [0.05, 0.1) is 10.2 Å². The summed E-state index contributed by atoms with van der Waals surface area (Å²) in [6.45, 7) is 14.1. The van der Waals surface area contributed by atoms with Gasteiger partial charge in [-0.3, -0.25) is 0 Å². The average Bonchev–Trinajstić information content (AvgIpc) is 2.98. The maximum absolute atomic E-state index is 6.16. The predicted molar refractivity (Wildman–Crippen MR) is 113 cm³/mol. The van der Waals surface area contributed by atoms with E-state index < -0.39 is 0 Å². The van der Waals surface area contributed by atoms with E-state index in [0.29, 0.717) is 0 Å². The topological polar surface area (TPSA) is 38.9 Å². The van der Waals surface area contributed by atoms with Crippen molar-refractivity contribution in [2.24, 2.45) is 5.73 Å². The summed E-state index contributed by atoms with van der Waals surface area (Å²) in [6, 6.07) is 8.26. The van der Waals surface area contributed by atoms with Crippen LogP contribution in [-0.2, 0) is 0 Å². The van der Waals surface area contributed by atoms with Gasteiger partial charge in [0.25, 0.3) is 0 Å². The van der Waals surface area contributed by atoms with Crippen LogP contribution in [0.1, 0.15) is 66.3 Å². The monoisotopic (exact) mass is 346 g/mol. The van der Waals surface area contributed by atoms with Crippen LogP contribution in [0.5, 0.6) is 0 Å². The number of hydrogen-bond acceptors (Lipinski definition) is 3. The number of aromatic nitrogens is 1. The van der Waals surface area contributed by atoms with Gasteiger partial charge in [-0.1, -0.05) is 71.9 Å². The van der Waals surface area contributed by atoms with Crippen LogP contribution >= 0.6 is 11.3 Å². The predicted octanol–water partition coefficient (Wildman–Crippen LogP) is 6.83. The SMILES string of the molecule is CC.CC.CC.CC1(N)C=CC(c2nc3ccccc3s2)=CCC1. The summed E-state index contributed by atoms with van der Waals surface area (Å²) in [5.74, 6) is 0. The minimum atomic E-state index is -0.199. The van der Waals surface area contributed by atoms with E-state index in [1.54, 1.807) is 11.3 Å². The molecule has 1 aliphatic carbocycles. The van der Waals surface area contributed by atoms with Crippen molar-refractivity contribution in [1.29, 1.82) is 0 Å². The molecule has 0 radical (unpaired) electrons. The van der Waals surface area contributed by atoms with Crippen molar-refractivity contribution < 1.29 is 0 Å². The number of rotatable bonds is 1. The number of nitrogens with two attached hydrogens (primary N) is 1. The summed E-state index contributed by atoms with van der Waals surface area (Å²) in [5, 5.41) is 1.09. The molecule has 0 amide bonds. The molecule has 1 atom stereocenters. The third kappa shape index (κ3) is 6.58. The van der Waals surface area contributed by atoms with Gasteiger partial charge >= 0.3 is 0 Å². The highest BCUT2D eigenvalue weighted by molar-refractivity contribution is 7.19. The van der Waals surface area contributed by atoms with Crippen LogP contribution in [0.3, 0.4) is 0 Å². The van der Waals surface area contributed by atoms with Gasteiger partial charge in [-0.05, 0) is 31.9 Å². The summed E-state index contributed by atoms with van der Waals surface area (Å²) in [7, 11) is 0. The van der Waals surface area contributed by atoms with Crippen LogP contribution in [0, 0.1) is 0 Å². The molecule has 0 spiro atoms. The van der Waals surface area contributed by atoms with Crippen molar-refractivity contribution in [2.75, 3.05) is 0 Å². The van der Waals surface area contributed by atoms with Crippen LogP contribution < -0.4 is 5.73 Å². The summed E-state index contributed by atoms with van der Waals surface area (Å²) >= 11 is 1.74. The Morgan fingerprint density at radius 3 is 2.29 bits per heavy atom. The zero-order valence-corrected chi connectivity index (χ0v) is 17.2. The first-order chi connectivity index (χ1) is 11.6. The maximum atomic E-state index is 6.16. The molecular weight excluding hydrogens is 312 g/mol. The van der Waals surface area contributed by atoms with E-state index in [4.69, 9.17) is 5.73 Å². The number of hydrogen-bond donors (Lipinski definition) is 1. The Labute approximate surface area is 152 Å². The summed E-state index contributed by atoms with van der Waals surface area (Å²) in [4.78, 5) is 4.68. The molecule has 2 aromatic rings. The van der Waals surface area contributed by atoms with Gasteiger partial charge in [0.2, 0.25) is 0 Å². The first-order valence-corrected chi connectivity index (χ1v) is 10.00. The molecule has 1 unspecified atom stereocenters. The minimum Gasteiger partial charge on any atom is -0.322 e. The molecule has 1 aromatic carbocycles. The Morgan fingerprint density at radius 1 is 1.04 bits per heavy atom. The van der Waals surface area contributed by atoms with Crippen molar-refractivity contribution in [2.45, 2.75) is 66.8 Å². The molecule has 1 aromatic heterocycles. The van der Waals surface area contributed by atoms with Crippen molar-refractivity contribution in [3.8, 4) is 0 Å². The van der Waals surface area contributed by atoms with Crippen LogP contribution in [0.25, 0.3) is 15.8 Å². The Morgan fingerprint density at radius 2 is 1.67 bits per heavy atom. The summed E-state index contributed by atoms with van der Waals surface area (Å²) in [6.07, 6.45) is 8.44. The number of para-hydroxylation sites is 1. The van der Waals surface area contributed by atoms with Gasteiger partial charge in [0, 0.05) is 11.1 Å². The first-order valence-electron chi connectivity index (χ1n) is 9.18. The zero-order valence-electron chi connectivity index (χ0n) is 16.4. The number of thiazole rings is 1. The maximum Gasteiger partial charge on any atom is 0.124 e. The average molecular weight is 347 g/mol. The highest BCUT2D eigenvalue weighted by Crippen LogP contribution is 2.30. The van der Waals surface area contributed by atoms with Crippen LogP contribution in [0.4, 0.5) is 0 Å². The van der Waals surface area contributed by atoms with E-state index in [1.165, 1.54) is 10.3 Å². The van der Waals surface area contributed by atoms with Crippen LogP contribution in [0.15, 0.2) is 42.5 Å². The van der Waals surface area contributed by atoms with Gasteiger partial charge < -0.3 is 5.73 Å². The molecule has 0 fully saturated rings. The lowest BCUT2D eigenvalue weighted by Crippen LogP contribution is -2.32. The standard InChI is InChI=1S/C15H16N2S.3C2H6/c1-15(16)9-4-5-11(8-10-15)14-17-12-6-2-3-7-13(12)18-14;3*1-2/h2-3,5-8,10H,4,9,16H2,1H3;3*1-2H3. The van der Waals surface area contributed by atoms with E-state index in [9.17, 15) is 0 Å². The number of allylic oxidation sites excluding steroid dienone is 3. The van der Waals surface area contributed by atoms with Gasteiger partial charge in [-0.25, -0.2) is 4.98 Å². The van der Waals surface area contributed by atoms with Crippen LogP contribution in [-0.4, -0.2) is 10.5 Å². The Bertz CT molecular complexity index is 603. The third-order valence-electron chi connectivity index (χ3n) is 3.23. The summed E-state index contributed by atoms with van der Waals surface area (Å²) < 4.78 is 1.24. The lowest BCUT2D eigenvalue weighted by molar-refractivity contribution is 0.542. The van der Waals surface area contributed by atoms with E-state index in [2.05, 4.69) is 48.3 Å². The molecule has 2 nitrogen and oxygen atoms in total. The number of benzene rings is 1. The quantitative estimate of drug-likeness (QED) is 0.615. The number of nitrogens with zero attached hydrogens (tertiary/aromatic N) is 1. The van der Waals surface area contributed by atoms with E-state index in [1.807, 2.05) is 47.6 Å². The minimum absolute atomic E-state index is 0.199. The molecule has 3 heteroatoms. The van der Waals surface area contributed by atoms with Crippen LogP contribution in [0.2, 0.25) is 0 Å². The first kappa shape index (κ1) is 22.6. The largest absolute Gasteiger partial charge is 0.322 e. The van der Waals surface area contributed by atoms with Crippen molar-refractivity contribution in [1.82, 2.24) is 4.98 Å². The van der Waals surface area contributed by atoms with Gasteiger partial charge in [-0.2, -0.15) is 0 Å². The highest BCUT2D eigenvalue weighted by atomic mass is 32.1. The Kier molecular flexibility index (Phi) is 11.3. The Hall–Kier alpha value is -1.45. The fraction of sp³-hybridized carbons (Fsp3) is 0.476. The molecule has 134 valence electrons. The molecule has 0 saturated heterocycles. The molecule has 0 aliphatic heterocycles. The highest BCUT2D eigenvalue weighted by Gasteiger charge is 2.17. The second-order valence-electron chi connectivity index (χ2n) is 5.02. The number of fused-ring (bicyclic) bond motifs is 1. The fourth-order valence-electron chi connectivity index (χ4n) is 2.12. The summed E-state index contributed by atoms with van der Waals surface area (Å²) in [5.41, 5.74) is 8.23. The van der Waals surface area contributed by atoms with Gasteiger partial charge in [0.15, 0.2) is 0 Å². The molecule has 1 aliphatic rings. The van der Waals surface area contributed by atoms with Crippen molar-refractivity contribution in [3.05, 3.63) is 47.5 Å². The third-order valence-corrected chi connectivity index (χ3v) is 4.32. The smallest absolute Gasteiger partial charge is 0.124 e. The molecular formula is C21H34N2S. The van der Waals surface area contributed by atoms with Crippen molar-refractivity contribution in [3.63, 3.8) is 0 Å². The van der Waals surface area contributed by atoms with Gasteiger partial charge in [-0.15, -0.1) is 11.3 Å². The molecule has 3 rings (SSSR count). The normalized spacial score (nSPS) is 18.8. The van der Waals surface area contributed by atoms with E-state index in [0.717, 1.165) is 23.4 Å². The van der Waals surface area contributed by atoms with Crippen molar-refractivity contribution >= 4 is 27.1 Å². The lowest BCUT2D eigenvalue weighted by atomic mass is 9.98. The molecule has 24 heavy (non-hydrogen) atoms. The molecule has 0 bridgehead atoms. The second-order valence-corrected chi connectivity index (χ2v) is 6.05. The van der Waals surface area contributed by atoms with E-state index >= 15 is 0 Å². The van der Waals surface area contributed by atoms with Gasteiger partial charge in [0.1, 0.15) is 5.01 Å². The van der Waals surface area contributed by atoms with E-state index in [-0.39, 0.29) is 5.54 Å². The fourth-order valence-corrected chi connectivity index (χ4v) is 3.11. The zero-order chi connectivity index (χ0) is 18.6. The molecule has 1 heterocycles. The molecule has 2 N–H and O–H groups in total. The Balaban J connectivity index is 0.000000798. The second kappa shape index (κ2) is 12.0. The lowest BCUT2D eigenvalue weighted by Gasteiger charge is -2.17. The molecule has 0 saturated carbocycles.